The van der Waals surface area contributed by atoms with Gasteiger partial charge in [-0.2, -0.15) is 0 Å². The summed E-state index contributed by atoms with van der Waals surface area (Å²) in [5, 5.41) is 0. The largest absolute Gasteiger partial charge is 0.370 e. The lowest BCUT2D eigenvalue weighted by atomic mass is 9.80. The molecule has 0 aromatic heterocycles. The van der Waals surface area contributed by atoms with E-state index in [4.69, 9.17) is 5.73 Å². The predicted octanol–water partition coefficient (Wildman–Crippen LogP) is 2.08. The average molecular weight is 324 g/mol. The van der Waals surface area contributed by atoms with Crippen LogP contribution in [-0.2, 0) is 0 Å². The number of likely N-dealkylation sites (tertiary alicyclic amines) is 1. The van der Waals surface area contributed by atoms with Gasteiger partial charge in [-0.15, -0.1) is 0 Å². The third kappa shape index (κ3) is 2.54. The van der Waals surface area contributed by atoms with Crippen LogP contribution in [-0.4, -0.2) is 44.2 Å². The number of hydrogen-bond acceptors (Lipinski definition) is 3. The number of piperidine rings is 2. The molecule has 0 radical (unpaired) electrons. The Labute approximate surface area is 123 Å². The molecule has 104 valence electrons. The fourth-order valence-electron chi connectivity index (χ4n) is 3.57. The van der Waals surface area contributed by atoms with E-state index >= 15 is 0 Å². The smallest absolute Gasteiger partial charge is 0.0511 e. The van der Waals surface area contributed by atoms with Gasteiger partial charge in [0.05, 0.1) is 5.69 Å². The summed E-state index contributed by atoms with van der Waals surface area (Å²) in [6.07, 6.45) is 0. The highest BCUT2D eigenvalue weighted by molar-refractivity contribution is 9.10. The number of hydrogen-bond donors (Lipinski definition) is 1. The Hall–Kier alpha value is -0.580. The molecule has 1 aromatic rings. The molecule has 2 fully saturated rings. The van der Waals surface area contributed by atoms with Gasteiger partial charge in [-0.1, -0.05) is 6.07 Å². The number of halogens is 1. The minimum absolute atomic E-state index is 0.372. The molecule has 2 unspecified atom stereocenters. The molecule has 2 aliphatic heterocycles. The standard InChI is InChI=1S/C15H22BrN3/c1-10-3-4-14(13(16)5-10)19-8-11-6-18(2)7-12(9-19)15(11)17/h3-5,11-12,15H,6-9,17H2,1-2H3. The molecule has 0 spiro atoms. The summed E-state index contributed by atoms with van der Waals surface area (Å²) in [4.78, 5) is 4.94. The van der Waals surface area contributed by atoms with Gasteiger partial charge in [-0.05, 0) is 47.6 Å². The van der Waals surface area contributed by atoms with Gasteiger partial charge in [-0.25, -0.2) is 0 Å². The maximum absolute atomic E-state index is 6.38. The molecule has 2 bridgehead atoms. The number of nitrogens with two attached hydrogens (primary N) is 1. The zero-order valence-corrected chi connectivity index (χ0v) is 13.2. The predicted molar refractivity (Wildman–Crippen MR) is 83.5 cm³/mol. The van der Waals surface area contributed by atoms with Crippen LogP contribution in [0.4, 0.5) is 5.69 Å². The van der Waals surface area contributed by atoms with Crippen molar-refractivity contribution in [2.45, 2.75) is 13.0 Å². The highest BCUT2D eigenvalue weighted by Gasteiger charge is 2.39. The lowest BCUT2D eigenvalue weighted by Crippen LogP contribution is -2.62. The first-order chi connectivity index (χ1) is 9.04. The van der Waals surface area contributed by atoms with Crippen molar-refractivity contribution in [3.8, 4) is 0 Å². The van der Waals surface area contributed by atoms with Crippen molar-refractivity contribution in [2.75, 3.05) is 38.1 Å². The fourth-order valence-corrected chi connectivity index (χ4v) is 4.31. The van der Waals surface area contributed by atoms with Gasteiger partial charge in [-0.3, -0.25) is 0 Å². The van der Waals surface area contributed by atoms with E-state index in [0.29, 0.717) is 17.9 Å². The zero-order chi connectivity index (χ0) is 13.6. The first kappa shape index (κ1) is 13.4. The summed E-state index contributed by atoms with van der Waals surface area (Å²) in [5.41, 5.74) is 9.00. The highest BCUT2D eigenvalue weighted by atomic mass is 79.9. The molecule has 1 aromatic carbocycles. The van der Waals surface area contributed by atoms with Gasteiger partial charge in [0.25, 0.3) is 0 Å². The molecule has 2 saturated heterocycles. The van der Waals surface area contributed by atoms with Gasteiger partial charge in [0.15, 0.2) is 0 Å². The van der Waals surface area contributed by atoms with E-state index in [1.54, 1.807) is 0 Å². The third-order valence-electron chi connectivity index (χ3n) is 4.53. The molecule has 0 saturated carbocycles. The minimum atomic E-state index is 0.372. The molecule has 3 nitrogen and oxygen atoms in total. The first-order valence-electron chi connectivity index (χ1n) is 7.00. The van der Waals surface area contributed by atoms with Crippen LogP contribution in [0.2, 0.25) is 0 Å². The summed E-state index contributed by atoms with van der Waals surface area (Å²) in [6, 6.07) is 6.99. The van der Waals surface area contributed by atoms with E-state index in [-0.39, 0.29) is 0 Å². The Morgan fingerprint density at radius 2 is 1.79 bits per heavy atom. The van der Waals surface area contributed by atoms with Gasteiger partial charge in [0.2, 0.25) is 0 Å². The Balaban J connectivity index is 1.84. The van der Waals surface area contributed by atoms with Crippen LogP contribution in [0.15, 0.2) is 22.7 Å². The number of fused-ring (bicyclic) bond motifs is 2. The van der Waals surface area contributed by atoms with Crippen LogP contribution in [0.1, 0.15) is 5.56 Å². The number of anilines is 1. The average Bonchev–Trinajstić information content (AvgIpc) is 2.31. The number of aryl methyl sites for hydroxylation is 1. The van der Waals surface area contributed by atoms with Crippen molar-refractivity contribution in [1.82, 2.24) is 4.90 Å². The Kier molecular flexibility index (Phi) is 3.58. The topological polar surface area (TPSA) is 32.5 Å². The van der Waals surface area contributed by atoms with E-state index in [0.717, 1.165) is 26.2 Å². The quantitative estimate of drug-likeness (QED) is 0.858. The summed E-state index contributed by atoms with van der Waals surface area (Å²) >= 11 is 3.71. The second-order valence-electron chi connectivity index (χ2n) is 6.18. The maximum Gasteiger partial charge on any atom is 0.0511 e. The second kappa shape index (κ2) is 5.08. The fraction of sp³-hybridized carbons (Fsp3) is 0.600. The van der Waals surface area contributed by atoms with Gasteiger partial charge in [0.1, 0.15) is 0 Å². The van der Waals surface area contributed by atoms with Crippen LogP contribution >= 0.6 is 15.9 Å². The van der Waals surface area contributed by atoms with E-state index in [2.05, 4.69) is 57.9 Å². The number of benzene rings is 1. The molecular weight excluding hydrogens is 302 g/mol. The zero-order valence-electron chi connectivity index (χ0n) is 11.6. The molecule has 2 N–H and O–H groups in total. The summed E-state index contributed by atoms with van der Waals surface area (Å²) in [7, 11) is 2.21. The Bertz CT molecular complexity index is 460. The van der Waals surface area contributed by atoms with Crippen molar-refractivity contribution < 1.29 is 0 Å². The number of rotatable bonds is 1. The molecule has 3 rings (SSSR count). The Morgan fingerprint density at radius 1 is 1.16 bits per heavy atom. The summed E-state index contributed by atoms with van der Waals surface area (Å²) < 4.78 is 1.20. The van der Waals surface area contributed by atoms with Crippen molar-refractivity contribution >= 4 is 21.6 Å². The van der Waals surface area contributed by atoms with Crippen LogP contribution < -0.4 is 10.6 Å². The molecule has 0 amide bonds. The van der Waals surface area contributed by atoms with Crippen LogP contribution in [0.25, 0.3) is 0 Å². The molecule has 2 aliphatic rings. The van der Waals surface area contributed by atoms with Crippen LogP contribution in [0, 0.1) is 18.8 Å². The van der Waals surface area contributed by atoms with Crippen molar-refractivity contribution in [2.24, 2.45) is 17.6 Å². The van der Waals surface area contributed by atoms with E-state index < -0.39 is 0 Å². The SMILES string of the molecule is Cc1ccc(N2CC3CN(C)CC(C2)C3N)c(Br)c1. The maximum atomic E-state index is 6.38. The highest BCUT2D eigenvalue weighted by Crippen LogP contribution is 2.34. The third-order valence-corrected chi connectivity index (χ3v) is 5.17. The molecule has 4 heteroatoms. The molecule has 0 aliphatic carbocycles. The van der Waals surface area contributed by atoms with Crippen molar-refractivity contribution in [1.29, 1.82) is 0 Å². The van der Waals surface area contributed by atoms with Crippen molar-refractivity contribution in [3.63, 3.8) is 0 Å². The Morgan fingerprint density at radius 3 is 2.37 bits per heavy atom. The van der Waals surface area contributed by atoms with E-state index in [1.165, 1.54) is 15.7 Å². The minimum Gasteiger partial charge on any atom is -0.370 e. The van der Waals surface area contributed by atoms with Gasteiger partial charge >= 0.3 is 0 Å². The lowest BCUT2D eigenvalue weighted by Gasteiger charge is -2.49. The van der Waals surface area contributed by atoms with Gasteiger partial charge in [0, 0.05) is 48.5 Å². The second-order valence-corrected chi connectivity index (χ2v) is 7.03. The van der Waals surface area contributed by atoms with Crippen molar-refractivity contribution in [3.05, 3.63) is 28.2 Å². The molecular formula is C15H22BrN3. The molecule has 2 atom stereocenters. The lowest BCUT2D eigenvalue weighted by molar-refractivity contribution is 0.107. The van der Waals surface area contributed by atoms with Gasteiger partial charge < -0.3 is 15.5 Å². The number of nitrogens with zero attached hydrogens (tertiary/aromatic N) is 2. The molecule has 19 heavy (non-hydrogen) atoms. The molecule has 2 heterocycles. The first-order valence-corrected chi connectivity index (χ1v) is 7.79. The summed E-state index contributed by atoms with van der Waals surface area (Å²) in [6.45, 7) is 6.52. The van der Waals surface area contributed by atoms with Crippen LogP contribution in [0.5, 0.6) is 0 Å². The van der Waals surface area contributed by atoms with E-state index in [9.17, 15) is 0 Å². The normalized spacial score (nSPS) is 31.6. The van der Waals surface area contributed by atoms with Crippen LogP contribution in [0.3, 0.4) is 0 Å². The monoisotopic (exact) mass is 323 g/mol. The summed E-state index contributed by atoms with van der Waals surface area (Å²) in [5.74, 6) is 1.18. The van der Waals surface area contributed by atoms with E-state index in [1.807, 2.05) is 0 Å².